The number of hydrogen-bond acceptors (Lipinski definition) is 5. The molecular weight excluding hydrogens is 604 g/mol. The molecule has 5 N–H and O–H groups in total. The summed E-state index contributed by atoms with van der Waals surface area (Å²) in [5, 5.41) is 25.5. The SMILES string of the molecule is C[C@H](Cc1ccc(CC(=O)NCc2cc(C(F)(F)F)ccc2F)cc1)NC[C@H](CC(C)(C)[Si](C)(C)O)c1ccc(O)c(CO)c1. The molecule has 2 atom stereocenters. The molecule has 3 rings (SSSR count). The Morgan fingerprint density at radius 3 is 2.20 bits per heavy atom. The van der Waals surface area contributed by atoms with E-state index in [0.29, 0.717) is 36.2 Å². The third-order valence-corrected chi connectivity index (χ3v) is 12.2. The molecule has 6 nitrogen and oxygen atoms in total. The van der Waals surface area contributed by atoms with Crippen molar-refractivity contribution >= 4 is 14.2 Å². The number of carbonyl (C=O) groups excluding carboxylic acids is 1. The summed E-state index contributed by atoms with van der Waals surface area (Å²) in [5.41, 5.74) is 1.98. The third-order valence-electron chi connectivity index (χ3n) is 8.65. The third kappa shape index (κ3) is 10.4. The maximum absolute atomic E-state index is 14.0. The molecule has 0 bridgehead atoms. The van der Waals surface area contributed by atoms with E-state index in [0.717, 1.165) is 23.6 Å². The van der Waals surface area contributed by atoms with Gasteiger partial charge in [-0.15, -0.1) is 0 Å². The molecule has 3 aromatic rings. The molecule has 0 unspecified atom stereocenters. The van der Waals surface area contributed by atoms with Crippen molar-refractivity contribution in [2.75, 3.05) is 6.54 Å². The van der Waals surface area contributed by atoms with Crippen LogP contribution in [0.4, 0.5) is 17.6 Å². The summed E-state index contributed by atoms with van der Waals surface area (Å²) in [4.78, 5) is 23.3. The molecule has 45 heavy (non-hydrogen) atoms. The average Bonchev–Trinajstić information content (AvgIpc) is 2.95. The highest BCUT2D eigenvalue weighted by Crippen LogP contribution is 2.44. The molecule has 11 heteroatoms. The molecule has 0 saturated heterocycles. The van der Waals surface area contributed by atoms with Crippen LogP contribution in [0.1, 0.15) is 66.5 Å². The van der Waals surface area contributed by atoms with E-state index in [4.69, 9.17) is 0 Å². The van der Waals surface area contributed by atoms with Crippen LogP contribution in [0.2, 0.25) is 18.1 Å². The van der Waals surface area contributed by atoms with Gasteiger partial charge in [-0.3, -0.25) is 4.79 Å². The van der Waals surface area contributed by atoms with E-state index >= 15 is 0 Å². The summed E-state index contributed by atoms with van der Waals surface area (Å²) in [6.07, 6.45) is -3.18. The number of halogens is 4. The fourth-order valence-corrected chi connectivity index (χ4v) is 5.80. The van der Waals surface area contributed by atoms with Crippen molar-refractivity contribution in [2.45, 2.75) is 89.5 Å². The molecule has 246 valence electrons. The highest BCUT2D eigenvalue weighted by atomic mass is 28.4. The van der Waals surface area contributed by atoms with Gasteiger partial charge in [0.15, 0.2) is 8.32 Å². The second-order valence-corrected chi connectivity index (χ2v) is 17.4. The minimum absolute atomic E-state index is 0.000886. The van der Waals surface area contributed by atoms with Crippen molar-refractivity contribution in [3.8, 4) is 5.75 Å². The molecule has 0 radical (unpaired) electrons. The topological polar surface area (TPSA) is 102 Å². The number of alkyl halides is 3. The number of rotatable bonds is 14. The van der Waals surface area contributed by atoms with E-state index in [1.165, 1.54) is 0 Å². The standard InChI is InChI=1S/C34H44F4N2O4Si/c1-22(39-20-28(18-33(2,3)45(4,5)44)25-10-13-31(42)27(16-25)21-41)14-23-6-8-24(9-7-23)15-32(43)40-19-26-17-29(34(36,37)38)11-12-30(26)35/h6-13,16-17,22,28,39,41-42,44H,14-15,18-21H2,1-5H3,(H,40,43)/t22-,28+/m1/s1. The number of benzene rings is 3. The molecule has 0 spiro atoms. The van der Waals surface area contributed by atoms with E-state index in [9.17, 15) is 37.4 Å². The highest BCUT2D eigenvalue weighted by Gasteiger charge is 2.40. The Bertz CT molecular complexity index is 1440. The number of phenols is 1. The fraction of sp³-hybridized carbons (Fsp3) is 0.441. The summed E-state index contributed by atoms with van der Waals surface area (Å²) < 4.78 is 52.8. The predicted octanol–water partition coefficient (Wildman–Crippen LogP) is 6.57. The monoisotopic (exact) mass is 648 g/mol. The Morgan fingerprint density at radius 2 is 1.60 bits per heavy atom. The van der Waals surface area contributed by atoms with Gasteiger partial charge in [-0.2, -0.15) is 13.2 Å². The van der Waals surface area contributed by atoms with Crippen molar-refractivity contribution in [1.82, 2.24) is 10.6 Å². The van der Waals surface area contributed by atoms with Gasteiger partial charge in [-0.05, 0) is 90.8 Å². The van der Waals surface area contributed by atoms with Crippen LogP contribution in [-0.4, -0.2) is 41.8 Å². The van der Waals surface area contributed by atoms with Crippen LogP contribution in [0, 0.1) is 5.82 Å². The van der Waals surface area contributed by atoms with Gasteiger partial charge in [0.2, 0.25) is 5.91 Å². The van der Waals surface area contributed by atoms with Crippen molar-refractivity contribution in [3.05, 3.63) is 99.9 Å². The number of nitrogens with one attached hydrogen (secondary N) is 2. The first kappa shape index (κ1) is 36.2. The van der Waals surface area contributed by atoms with E-state index in [1.54, 1.807) is 6.07 Å². The normalized spacial score (nSPS) is 13.8. The molecule has 0 aliphatic carbocycles. The number of carbonyl (C=O) groups is 1. The molecule has 0 aliphatic heterocycles. The Balaban J connectivity index is 1.58. The lowest BCUT2D eigenvalue weighted by Gasteiger charge is -2.38. The van der Waals surface area contributed by atoms with Crippen molar-refractivity contribution in [1.29, 1.82) is 0 Å². The van der Waals surface area contributed by atoms with Gasteiger partial charge in [0.05, 0.1) is 18.6 Å². The largest absolute Gasteiger partial charge is 0.508 e. The Kier molecular flexibility index (Phi) is 12.0. The van der Waals surface area contributed by atoms with Gasteiger partial charge in [0.1, 0.15) is 11.6 Å². The van der Waals surface area contributed by atoms with Crippen LogP contribution in [0.5, 0.6) is 5.75 Å². The summed E-state index contributed by atoms with van der Waals surface area (Å²) in [6.45, 7) is 10.1. The van der Waals surface area contributed by atoms with Crippen LogP contribution in [-0.2, 0) is 37.0 Å². The minimum Gasteiger partial charge on any atom is -0.508 e. The minimum atomic E-state index is -4.60. The van der Waals surface area contributed by atoms with Gasteiger partial charge in [0.25, 0.3) is 0 Å². The number of aliphatic hydroxyl groups excluding tert-OH is 1. The zero-order valence-electron chi connectivity index (χ0n) is 26.4. The molecule has 0 aromatic heterocycles. The quantitative estimate of drug-likeness (QED) is 0.101. The van der Waals surface area contributed by atoms with Crippen LogP contribution in [0.15, 0.2) is 60.7 Å². The summed E-state index contributed by atoms with van der Waals surface area (Å²) >= 11 is 0. The van der Waals surface area contributed by atoms with Crippen LogP contribution in [0.3, 0.4) is 0 Å². The molecule has 1 amide bonds. The number of hydrogen-bond donors (Lipinski definition) is 5. The van der Waals surface area contributed by atoms with Crippen molar-refractivity contribution in [2.24, 2.45) is 0 Å². The lowest BCUT2D eigenvalue weighted by Crippen LogP contribution is -2.41. The van der Waals surface area contributed by atoms with E-state index in [-0.39, 0.29) is 47.9 Å². The van der Waals surface area contributed by atoms with Gasteiger partial charge in [-0.25, -0.2) is 4.39 Å². The zero-order valence-corrected chi connectivity index (χ0v) is 27.4. The Labute approximate surface area is 263 Å². The second kappa shape index (κ2) is 14.9. The maximum Gasteiger partial charge on any atom is 0.416 e. The van der Waals surface area contributed by atoms with E-state index in [1.807, 2.05) is 49.5 Å². The molecule has 3 aromatic carbocycles. The first-order valence-corrected chi connectivity index (χ1v) is 17.9. The summed E-state index contributed by atoms with van der Waals surface area (Å²) in [7, 11) is -2.49. The Hall–Kier alpha value is -3.25. The first-order chi connectivity index (χ1) is 20.9. The molecular formula is C34H44F4N2O4Si. The number of aromatic hydroxyl groups is 1. The van der Waals surface area contributed by atoms with Gasteiger partial charge in [0, 0.05) is 30.3 Å². The molecule has 0 heterocycles. The van der Waals surface area contributed by atoms with E-state index in [2.05, 4.69) is 31.4 Å². The van der Waals surface area contributed by atoms with Crippen molar-refractivity contribution in [3.63, 3.8) is 0 Å². The Morgan fingerprint density at radius 1 is 0.956 bits per heavy atom. The van der Waals surface area contributed by atoms with Gasteiger partial charge in [-0.1, -0.05) is 44.2 Å². The summed E-state index contributed by atoms with van der Waals surface area (Å²) in [5.74, 6) is -1.18. The number of amides is 1. The molecule has 0 aliphatic rings. The average molecular weight is 649 g/mol. The smallest absolute Gasteiger partial charge is 0.416 e. The van der Waals surface area contributed by atoms with Crippen LogP contribution < -0.4 is 10.6 Å². The predicted molar refractivity (Wildman–Crippen MR) is 170 cm³/mol. The van der Waals surface area contributed by atoms with E-state index < -0.39 is 31.8 Å². The molecule has 0 fully saturated rings. The van der Waals surface area contributed by atoms with Gasteiger partial charge >= 0.3 is 6.18 Å². The maximum atomic E-state index is 14.0. The van der Waals surface area contributed by atoms with Crippen molar-refractivity contribution < 1.29 is 37.4 Å². The van der Waals surface area contributed by atoms with Gasteiger partial charge < -0.3 is 25.6 Å². The lowest BCUT2D eigenvalue weighted by atomic mass is 9.88. The first-order valence-electron chi connectivity index (χ1n) is 15.0. The lowest BCUT2D eigenvalue weighted by molar-refractivity contribution is -0.137. The van der Waals surface area contributed by atoms with Crippen LogP contribution >= 0.6 is 0 Å². The highest BCUT2D eigenvalue weighted by molar-refractivity contribution is 6.72. The summed E-state index contributed by atoms with van der Waals surface area (Å²) in [6, 6.07) is 14.9. The molecule has 0 saturated carbocycles. The fourth-order valence-electron chi connectivity index (χ4n) is 5.05. The second-order valence-electron chi connectivity index (χ2n) is 13.0. The zero-order chi connectivity index (χ0) is 33.6. The number of aliphatic hydroxyl groups is 1. The van der Waals surface area contributed by atoms with Crippen LogP contribution in [0.25, 0.3) is 0 Å².